The third-order valence-corrected chi connectivity index (χ3v) is 2.88. The smallest absolute Gasteiger partial charge is 0.228 e. The third-order valence-electron chi connectivity index (χ3n) is 2.88. The molecule has 1 unspecified atom stereocenters. The number of anilines is 1. The van der Waals surface area contributed by atoms with Gasteiger partial charge in [0, 0.05) is 19.2 Å². The Labute approximate surface area is 97.8 Å². The fourth-order valence-corrected chi connectivity index (χ4v) is 1.67. The van der Waals surface area contributed by atoms with Gasteiger partial charge in [0.1, 0.15) is 5.82 Å². The van der Waals surface area contributed by atoms with Gasteiger partial charge in [-0.05, 0) is 18.6 Å². The third kappa shape index (κ3) is 3.72. The van der Waals surface area contributed by atoms with Crippen molar-refractivity contribution in [3.63, 3.8) is 0 Å². The summed E-state index contributed by atoms with van der Waals surface area (Å²) in [6.45, 7) is 4.17. The van der Waals surface area contributed by atoms with Gasteiger partial charge in [-0.15, -0.1) is 0 Å². The molecule has 0 aliphatic carbocycles. The Morgan fingerprint density at radius 2 is 2.25 bits per heavy atom. The van der Waals surface area contributed by atoms with Crippen molar-refractivity contribution in [1.82, 2.24) is 4.57 Å². The van der Waals surface area contributed by atoms with Crippen molar-refractivity contribution >= 4 is 11.7 Å². The molecule has 0 saturated heterocycles. The van der Waals surface area contributed by atoms with Crippen molar-refractivity contribution in [2.45, 2.75) is 39.5 Å². The van der Waals surface area contributed by atoms with E-state index in [9.17, 15) is 4.79 Å². The first-order chi connectivity index (χ1) is 7.65. The predicted octanol–water partition coefficient (Wildman–Crippen LogP) is 3.18. The van der Waals surface area contributed by atoms with E-state index in [1.54, 1.807) is 0 Å². The highest BCUT2D eigenvalue weighted by atomic mass is 16.1. The van der Waals surface area contributed by atoms with Gasteiger partial charge in [0.2, 0.25) is 5.91 Å². The van der Waals surface area contributed by atoms with Crippen LogP contribution in [-0.2, 0) is 11.8 Å². The van der Waals surface area contributed by atoms with Crippen molar-refractivity contribution in [3.05, 3.63) is 18.3 Å². The van der Waals surface area contributed by atoms with E-state index in [1.807, 2.05) is 36.9 Å². The van der Waals surface area contributed by atoms with Crippen LogP contribution in [-0.4, -0.2) is 10.5 Å². The van der Waals surface area contributed by atoms with Crippen LogP contribution in [0.3, 0.4) is 0 Å². The summed E-state index contributed by atoms with van der Waals surface area (Å²) in [6, 6.07) is 3.84. The second kappa shape index (κ2) is 6.36. The van der Waals surface area contributed by atoms with Crippen molar-refractivity contribution in [2.75, 3.05) is 5.32 Å². The number of rotatable bonds is 6. The molecule has 0 radical (unpaired) electrons. The highest BCUT2D eigenvalue weighted by Gasteiger charge is 2.13. The standard InChI is InChI=1S/C13H22N2O/c1-4-5-6-8-11(2)13(16)14-12-9-7-10-15(12)3/h7,9-11H,4-6,8H2,1-3H3,(H,14,16). The molecular formula is C13H22N2O. The van der Waals surface area contributed by atoms with Crippen molar-refractivity contribution in [3.8, 4) is 0 Å². The Morgan fingerprint density at radius 1 is 1.50 bits per heavy atom. The molecule has 0 aliphatic heterocycles. The zero-order valence-corrected chi connectivity index (χ0v) is 10.5. The number of hydrogen-bond donors (Lipinski definition) is 1. The maximum absolute atomic E-state index is 11.8. The zero-order chi connectivity index (χ0) is 12.0. The predicted molar refractivity (Wildman–Crippen MR) is 67.3 cm³/mol. The molecule has 3 nitrogen and oxygen atoms in total. The van der Waals surface area contributed by atoms with Crippen LogP contribution in [0.1, 0.15) is 39.5 Å². The number of nitrogens with one attached hydrogen (secondary N) is 1. The lowest BCUT2D eigenvalue weighted by Gasteiger charge is -2.12. The highest BCUT2D eigenvalue weighted by molar-refractivity contribution is 5.91. The van der Waals surface area contributed by atoms with E-state index in [1.165, 1.54) is 12.8 Å². The lowest BCUT2D eigenvalue weighted by molar-refractivity contribution is -0.119. The first-order valence-corrected chi connectivity index (χ1v) is 6.07. The number of amides is 1. The average Bonchev–Trinajstić information content (AvgIpc) is 2.64. The van der Waals surface area contributed by atoms with E-state index < -0.39 is 0 Å². The first kappa shape index (κ1) is 12.8. The monoisotopic (exact) mass is 222 g/mol. The summed E-state index contributed by atoms with van der Waals surface area (Å²) in [7, 11) is 1.93. The molecular weight excluding hydrogens is 200 g/mol. The van der Waals surface area contributed by atoms with Gasteiger partial charge in [-0.25, -0.2) is 0 Å². The van der Waals surface area contributed by atoms with Crippen molar-refractivity contribution in [2.24, 2.45) is 13.0 Å². The molecule has 1 heterocycles. The maximum atomic E-state index is 11.8. The van der Waals surface area contributed by atoms with Gasteiger partial charge >= 0.3 is 0 Å². The lowest BCUT2D eigenvalue weighted by Crippen LogP contribution is -2.21. The number of nitrogens with zero attached hydrogens (tertiary/aromatic N) is 1. The number of aromatic nitrogens is 1. The normalized spacial score (nSPS) is 12.4. The quantitative estimate of drug-likeness (QED) is 0.737. The van der Waals surface area contributed by atoms with E-state index in [0.717, 1.165) is 18.7 Å². The SMILES string of the molecule is CCCCCC(C)C(=O)Nc1cccn1C. The Hall–Kier alpha value is -1.25. The fraction of sp³-hybridized carbons (Fsp3) is 0.615. The molecule has 0 spiro atoms. The summed E-state index contributed by atoms with van der Waals surface area (Å²) in [6.07, 6.45) is 6.45. The fourth-order valence-electron chi connectivity index (χ4n) is 1.67. The molecule has 1 amide bonds. The molecule has 0 aromatic carbocycles. The van der Waals surface area contributed by atoms with E-state index in [0.29, 0.717) is 0 Å². The molecule has 16 heavy (non-hydrogen) atoms. The molecule has 1 aromatic heterocycles. The molecule has 1 rings (SSSR count). The van der Waals surface area contributed by atoms with Crippen LogP contribution in [0.25, 0.3) is 0 Å². The summed E-state index contributed by atoms with van der Waals surface area (Å²) >= 11 is 0. The van der Waals surface area contributed by atoms with Crippen LogP contribution < -0.4 is 5.32 Å². The van der Waals surface area contributed by atoms with Crippen LogP contribution in [0, 0.1) is 5.92 Å². The summed E-state index contributed by atoms with van der Waals surface area (Å²) < 4.78 is 1.91. The molecule has 0 bridgehead atoms. The van der Waals surface area contributed by atoms with E-state index >= 15 is 0 Å². The van der Waals surface area contributed by atoms with Gasteiger partial charge in [-0.1, -0.05) is 33.1 Å². The van der Waals surface area contributed by atoms with Crippen molar-refractivity contribution in [1.29, 1.82) is 0 Å². The second-order valence-corrected chi connectivity index (χ2v) is 4.39. The van der Waals surface area contributed by atoms with Crippen molar-refractivity contribution < 1.29 is 4.79 Å². The van der Waals surface area contributed by atoms with E-state index in [2.05, 4.69) is 12.2 Å². The Morgan fingerprint density at radius 3 is 2.81 bits per heavy atom. The average molecular weight is 222 g/mol. The summed E-state index contributed by atoms with van der Waals surface area (Å²) in [5.41, 5.74) is 0. The summed E-state index contributed by atoms with van der Waals surface area (Å²) in [5, 5.41) is 2.94. The Bertz CT molecular complexity index is 330. The second-order valence-electron chi connectivity index (χ2n) is 4.39. The van der Waals surface area contributed by atoms with Gasteiger partial charge in [0.15, 0.2) is 0 Å². The molecule has 3 heteroatoms. The first-order valence-electron chi connectivity index (χ1n) is 6.07. The number of unbranched alkanes of at least 4 members (excludes halogenated alkanes) is 2. The number of carbonyl (C=O) groups is 1. The Kier molecular flexibility index (Phi) is 5.09. The molecule has 1 atom stereocenters. The lowest BCUT2D eigenvalue weighted by atomic mass is 10.0. The minimum atomic E-state index is 0.0986. The largest absolute Gasteiger partial charge is 0.338 e. The Balaban J connectivity index is 2.37. The number of aryl methyl sites for hydroxylation is 1. The maximum Gasteiger partial charge on any atom is 0.228 e. The van der Waals surface area contributed by atoms with Crippen LogP contribution in [0.15, 0.2) is 18.3 Å². The number of carbonyl (C=O) groups excluding carboxylic acids is 1. The molecule has 90 valence electrons. The molecule has 0 fully saturated rings. The van der Waals surface area contributed by atoms with Crippen LogP contribution >= 0.6 is 0 Å². The minimum Gasteiger partial charge on any atom is -0.338 e. The molecule has 1 N–H and O–H groups in total. The highest BCUT2D eigenvalue weighted by Crippen LogP contribution is 2.13. The zero-order valence-electron chi connectivity index (χ0n) is 10.5. The van der Waals surface area contributed by atoms with Gasteiger partial charge in [0.05, 0.1) is 0 Å². The van der Waals surface area contributed by atoms with E-state index in [4.69, 9.17) is 0 Å². The van der Waals surface area contributed by atoms with Crippen LogP contribution in [0.5, 0.6) is 0 Å². The topological polar surface area (TPSA) is 34.0 Å². The van der Waals surface area contributed by atoms with Crippen LogP contribution in [0.2, 0.25) is 0 Å². The van der Waals surface area contributed by atoms with E-state index in [-0.39, 0.29) is 11.8 Å². The number of hydrogen-bond acceptors (Lipinski definition) is 1. The minimum absolute atomic E-state index is 0.0986. The summed E-state index contributed by atoms with van der Waals surface area (Å²) in [5.74, 6) is 1.09. The van der Waals surface area contributed by atoms with Gasteiger partial charge in [0.25, 0.3) is 0 Å². The molecule has 0 aliphatic rings. The summed E-state index contributed by atoms with van der Waals surface area (Å²) in [4.78, 5) is 11.8. The van der Waals surface area contributed by atoms with Gasteiger partial charge in [-0.2, -0.15) is 0 Å². The van der Waals surface area contributed by atoms with Gasteiger partial charge < -0.3 is 9.88 Å². The molecule has 0 saturated carbocycles. The molecule has 1 aromatic rings. The van der Waals surface area contributed by atoms with Crippen LogP contribution in [0.4, 0.5) is 5.82 Å². The van der Waals surface area contributed by atoms with Gasteiger partial charge in [-0.3, -0.25) is 4.79 Å².